The number of carboxylic acids is 1. The van der Waals surface area contributed by atoms with Gasteiger partial charge in [0.15, 0.2) is 0 Å². The van der Waals surface area contributed by atoms with Gasteiger partial charge in [-0.1, -0.05) is 30.3 Å². The molecule has 0 fully saturated rings. The van der Waals surface area contributed by atoms with E-state index in [0.29, 0.717) is 16.9 Å². The molecule has 0 aromatic heterocycles. The quantitative estimate of drug-likeness (QED) is 0.359. The van der Waals surface area contributed by atoms with Crippen LogP contribution in [0.25, 0.3) is 11.1 Å². The number of halogens is 1. The molecule has 0 bridgehead atoms. The number of nitrogens with one attached hydrogen (secondary N) is 1. The van der Waals surface area contributed by atoms with Crippen LogP contribution in [0.1, 0.15) is 31.8 Å². The lowest BCUT2D eigenvalue weighted by atomic mass is 10.0. The molecule has 1 amide bonds. The van der Waals surface area contributed by atoms with Gasteiger partial charge in [-0.3, -0.25) is 4.79 Å². The molecule has 0 atom stereocenters. The number of carbonyl (C=O) groups is 2. The summed E-state index contributed by atoms with van der Waals surface area (Å²) in [4.78, 5) is 24.2. The standard InChI is InChI=1S/C28H19FN2O4/c29-23-9-11-24(12-10-23)35-26-13-8-22(21-3-1-2-19(14-21)16-30)15-25(26)27(32)31-17-18-4-6-20(7-5-18)28(33)34/h1-15H,17H2,(H,31,32)(H,33,34). The Balaban J connectivity index is 1.63. The van der Waals surface area contributed by atoms with Crippen molar-refractivity contribution < 1.29 is 23.8 Å². The number of nitriles is 1. The smallest absolute Gasteiger partial charge is 0.335 e. The second kappa shape index (κ2) is 10.3. The lowest BCUT2D eigenvalue weighted by molar-refractivity contribution is 0.0696. The number of hydrogen-bond donors (Lipinski definition) is 2. The molecule has 6 nitrogen and oxygen atoms in total. The van der Waals surface area contributed by atoms with Crippen LogP contribution in [0, 0.1) is 17.1 Å². The average molecular weight is 466 g/mol. The first-order valence-electron chi connectivity index (χ1n) is 10.6. The fourth-order valence-electron chi connectivity index (χ4n) is 3.42. The molecule has 35 heavy (non-hydrogen) atoms. The van der Waals surface area contributed by atoms with E-state index in [1.165, 1.54) is 36.4 Å². The first-order valence-corrected chi connectivity index (χ1v) is 10.6. The first kappa shape index (κ1) is 23.2. The third-order valence-corrected chi connectivity index (χ3v) is 5.24. The van der Waals surface area contributed by atoms with Crippen molar-refractivity contribution in [2.75, 3.05) is 0 Å². The number of hydrogen-bond acceptors (Lipinski definition) is 4. The van der Waals surface area contributed by atoms with E-state index in [1.54, 1.807) is 48.5 Å². The zero-order chi connectivity index (χ0) is 24.8. The van der Waals surface area contributed by atoms with E-state index in [9.17, 15) is 19.2 Å². The van der Waals surface area contributed by atoms with Crippen molar-refractivity contribution in [2.45, 2.75) is 6.54 Å². The molecule has 0 saturated carbocycles. The zero-order valence-electron chi connectivity index (χ0n) is 18.4. The van der Waals surface area contributed by atoms with Gasteiger partial charge in [0.1, 0.15) is 17.3 Å². The largest absolute Gasteiger partial charge is 0.478 e. The molecule has 0 spiro atoms. The molecule has 4 aromatic carbocycles. The fourth-order valence-corrected chi connectivity index (χ4v) is 3.42. The van der Waals surface area contributed by atoms with Gasteiger partial charge in [-0.15, -0.1) is 0 Å². The summed E-state index contributed by atoms with van der Waals surface area (Å²) in [5.41, 5.74) is 3.09. The summed E-state index contributed by atoms with van der Waals surface area (Å²) in [5.74, 6) is -1.21. The number of nitrogens with zero attached hydrogens (tertiary/aromatic N) is 1. The fraction of sp³-hybridized carbons (Fsp3) is 0.0357. The summed E-state index contributed by atoms with van der Waals surface area (Å²) < 4.78 is 19.2. The number of amides is 1. The van der Waals surface area contributed by atoms with Gasteiger partial charge in [0.2, 0.25) is 0 Å². The van der Waals surface area contributed by atoms with E-state index in [1.807, 2.05) is 6.07 Å². The second-order valence-electron chi connectivity index (χ2n) is 7.64. The van der Waals surface area contributed by atoms with Crippen molar-refractivity contribution in [2.24, 2.45) is 0 Å². The van der Waals surface area contributed by atoms with E-state index in [0.717, 1.165) is 11.1 Å². The van der Waals surface area contributed by atoms with E-state index in [4.69, 9.17) is 9.84 Å². The van der Waals surface area contributed by atoms with Crippen LogP contribution in [-0.4, -0.2) is 17.0 Å². The van der Waals surface area contributed by atoms with Crippen LogP contribution >= 0.6 is 0 Å². The highest BCUT2D eigenvalue weighted by Crippen LogP contribution is 2.31. The van der Waals surface area contributed by atoms with E-state index in [2.05, 4.69) is 11.4 Å². The molecule has 0 aliphatic heterocycles. The van der Waals surface area contributed by atoms with Crippen molar-refractivity contribution in [3.63, 3.8) is 0 Å². The Kier molecular flexibility index (Phi) is 6.84. The molecule has 0 saturated heterocycles. The Hall–Kier alpha value is -4.96. The molecule has 0 unspecified atom stereocenters. The molecule has 172 valence electrons. The number of aromatic carboxylic acids is 1. The molecule has 2 N–H and O–H groups in total. The molecule has 0 aliphatic carbocycles. The number of ether oxygens (including phenoxy) is 1. The third kappa shape index (κ3) is 5.70. The van der Waals surface area contributed by atoms with Crippen LogP contribution in [0.3, 0.4) is 0 Å². The number of benzene rings is 4. The molecule has 0 aliphatic rings. The van der Waals surface area contributed by atoms with Crippen LogP contribution in [0.2, 0.25) is 0 Å². The van der Waals surface area contributed by atoms with Crippen LogP contribution in [0.5, 0.6) is 11.5 Å². The minimum atomic E-state index is -1.03. The monoisotopic (exact) mass is 466 g/mol. The summed E-state index contributed by atoms with van der Waals surface area (Å²) in [7, 11) is 0. The first-order chi connectivity index (χ1) is 16.9. The Morgan fingerprint density at radius 3 is 2.31 bits per heavy atom. The van der Waals surface area contributed by atoms with Crippen molar-refractivity contribution >= 4 is 11.9 Å². The summed E-state index contributed by atoms with van der Waals surface area (Å²) in [6, 6.07) is 25.8. The Morgan fingerprint density at radius 2 is 1.63 bits per heavy atom. The summed E-state index contributed by atoms with van der Waals surface area (Å²) in [6.07, 6.45) is 0. The van der Waals surface area contributed by atoms with Gasteiger partial charge in [0.05, 0.1) is 22.8 Å². The highest BCUT2D eigenvalue weighted by atomic mass is 19.1. The van der Waals surface area contributed by atoms with Crippen molar-refractivity contribution in [3.05, 3.63) is 119 Å². The highest BCUT2D eigenvalue weighted by molar-refractivity contribution is 5.98. The van der Waals surface area contributed by atoms with Gasteiger partial charge in [0.25, 0.3) is 5.91 Å². The maximum absolute atomic E-state index is 13.3. The SMILES string of the molecule is N#Cc1cccc(-c2ccc(Oc3ccc(F)cc3)c(C(=O)NCc3ccc(C(=O)O)cc3)c2)c1. The van der Waals surface area contributed by atoms with Crippen molar-refractivity contribution in [1.82, 2.24) is 5.32 Å². The summed E-state index contributed by atoms with van der Waals surface area (Å²) in [5, 5.41) is 21.1. The minimum absolute atomic E-state index is 0.155. The van der Waals surface area contributed by atoms with Gasteiger partial charge in [0, 0.05) is 6.54 Å². The molecule has 0 radical (unpaired) electrons. The normalized spacial score (nSPS) is 10.3. The predicted octanol–water partition coefficient (Wildman–Crippen LogP) is 5.78. The lowest BCUT2D eigenvalue weighted by Gasteiger charge is -2.14. The number of carbonyl (C=O) groups excluding carboxylic acids is 1. The van der Waals surface area contributed by atoms with Crippen molar-refractivity contribution in [3.8, 4) is 28.7 Å². The predicted molar refractivity (Wildman–Crippen MR) is 128 cm³/mol. The van der Waals surface area contributed by atoms with Gasteiger partial charge in [-0.25, -0.2) is 9.18 Å². The maximum atomic E-state index is 13.3. The van der Waals surface area contributed by atoms with Gasteiger partial charge in [-0.05, 0) is 77.4 Å². The summed E-state index contributed by atoms with van der Waals surface area (Å²) >= 11 is 0. The summed E-state index contributed by atoms with van der Waals surface area (Å²) in [6.45, 7) is 0.170. The van der Waals surface area contributed by atoms with E-state index in [-0.39, 0.29) is 23.4 Å². The molecule has 4 aromatic rings. The number of rotatable bonds is 7. The Morgan fingerprint density at radius 1 is 0.914 bits per heavy atom. The molecule has 4 rings (SSSR count). The van der Waals surface area contributed by atoms with Crippen LogP contribution in [0.15, 0.2) is 91.0 Å². The highest BCUT2D eigenvalue weighted by Gasteiger charge is 2.16. The van der Waals surface area contributed by atoms with Crippen molar-refractivity contribution in [1.29, 1.82) is 5.26 Å². The number of carboxylic acid groups (broad SMARTS) is 1. The minimum Gasteiger partial charge on any atom is -0.478 e. The van der Waals surface area contributed by atoms with Gasteiger partial charge < -0.3 is 15.2 Å². The van der Waals surface area contributed by atoms with Crippen LogP contribution in [-0.2, 0) is 6.54 Å². The van der Waals surface area contributed by atoms with Crippen LogP contribution < -0.4 is 10.1 Å². The average Bonchev–Trinajstić information content (AvgIpc) is 2.89. The maximum Gasteiger partial charge on any atom is 0.335 e. The molecule has 7 heteroatoms. The Bertz CT molecular complexity index is 1430. The van der Waals surface area contributed by atoms with Gasteiger partial charge in [-0.2, -0.15) is 5.26 Å². The van der Waals surface area contributed by atoms with Crippen LogP contribution in [0.4, 0.5) is 4.39 Å². The molecular weight excluding hydrogens is 447 g/mol. The molecular formula is C28H19FN2O4. The topological polar surface area (TPSA) is 99.4 Å². The zero-order valence-corrected chi connectivity index (χ0v) is 18.4. The Labute approximate surface area is 200 Å². The molecule has 0 heterocycles. The van der Waals surface area contributed by atoms with E-state index < -0.39 is 17.7 Å². The van der Waals surface area contributed by atoms with E-state index >= 15 is 0 Å². The third-order valence-electron chi connectivity index (χ3n) is 5.24. The lowest BCUT2D eigenvalue weighted by Crippen LogP contribution is -2.23. The van der Waals surface area contributed by atoms with Gasteiger partial charge >= 0.3 is 5.97 Å². The second-order valence-corrected chi connectivity index (χ2v) is 7.64.